The van der Waals surface area contributed by atoms with Crippen LogP contribution in [0.25, 0.3) is 0 Å². The number of hydrogen-bond donors (Lipinski definition) is 8. The van der Waals surface area contributed by atoms with Crippen molar-refractivity contribution in [1.82, 2.24) is 0 Å². The minimum absolute atomic E-state index is 1.50. The van der Waals surface area contributed by atoms with Gasteiger partial charge in [0, 0.05) is 0 Å². The van der Waals surface area contributed by atoms with Crippen molar-refractivity contribution >= 4 is 24.6 Å². The number of carbonyl (C=O) groups is 4. The Morgan fingerprint density at radius 3 is 0.474 bits per heavy atom. The van der Waals surface area contributed by atoms with Gasteiger partial charge in [0.2, 0.25) is 0 Å². The Balaban J connectivity index is -0.0000000741. The number of hydrogen-bond acceptors (Lipinski definition) is 4. The van der Waals surface area contributed by atoms with E-state index in [1.165, 1.54) is 19.3 Å². The van der Waals surface area contributed by atoms with Crippen LogP contribution in [0.2, 0.25) is 0 Å². The molecule has 0 radical (unpaired) electrons. The van der Waals surface area contributed by atoms with Crippen molar-refractivity contribution in [3.05, 3.63) is 0 Å². The van der Waals surface area contributed by atoms with E-state index in [0.717, 1.165) is 0 Å². The Morgan fingerprint density at radius 2 is 0.474 bits per heavy atom. The fourth-order valence-electron chi connectivity index (χ4n) is 0. The van der Waals surface area contributed by atoms with Gasteiger partial charge in [0.15, 0.2) is 0 Å². The molecule has 0 aliphatic heterocycles. The van der Waals surface area contributed by atoms with Crippen LogP contribution in [0.1, 0.15) is 19.3 Å². The monoisotopic (exact) mass is 290 g/mol. The fraction of sp³-hybridized carbons (Fsp3) is 0.429. The van der Waals surface area contributed by atoms with E-state index in [2.05, 4.69) is 0 Å². The summed E-state index contributed by atoms with van der Waals surface area (Å²) in [6.07, 6.45) is -2.83. The number of rotatable bonds is 0. The molecule has 0 bridgehead atoms. The third-order valence-electron chi connectivity index (χ3n) is 0.354. The second kappa shape index (κ2) is 20.5. The zero-order valence-electron chi connectivity index (χ0n) is 9.33. The van der Waals surface area contributed by atoms with E-state index in [-0.39, 0.29) is 0 Å². The highest BCUT2D eigenvalue weighted by Gasteiger charge is 1.95. The van der Waals surface area contributed by atoms with Gasteiger partial charge in [-0.05, 0) is 0 Å². The average Bonchev–Trinajstić information content (AvgIpc) is 2.80. The molecule has 0 unspecified atom stereocenters. The van der Waals surface area contributed by atoms with Crippen molar-refractivity contribution in [1.29, 1.82) is 0 Å². The molecule has 0 atom stereocenters. The molecule has 1 rings (SSSR count). The quantitative estimate of drug-likeness (QED) is 0.320. The van der Waals surface area contributed by atoms with Crippen LogP contribution in [0.15, 0.2) is 0 Å². The highest BCUT2D eigenvalue weighted by atomic mass is 16.6. The molecule has 114 valence electrons. The topological polar surface area (TPSA) is 230 Å². The third-order valence-corrected chi connectivity index (χ3v) is 0.354. The van der Waals surface area contributed by atoms with Crippen molar-refractivity contribution in [3.8, 4) is 0 Å². The molecule has 0 amide bonds. The standard InChI is InChI=1S/C3H6.4CH2O3/c1-2-3-1;4*2-1(3)4/h1-3H2;4*(H2,2,3,4). The summed E-state index contributed by atoms with van der Waals surface area (Å²) in [6, 6.07) is 0. The zero-order chi connectivity index (χ0) is 16.4. The molecule has 0 saturated heterocycles. The highest BCUT2D eigenvalue weighted by molar-refractivity contribution is 5.54. The normalized spacial score (nSPS) is 8.84. The molecule has 0 aromatic carbocycles. The molecule has 12 nitrogen and oxygen atoms in total. The van der Waals surface area contributed by atoms with E-state index < -0.39 is 24.6 Å². The second-order valence-corrected chi connectivity index (χ2v) is 2.19. The summed E-state index contributed by atoms with van der Waals surface area (Å²) >= 11 is 0. The van der Waals surface area contributed by atoms with Gasteiger partial charge in [0.25, 0.3) is 0 Å². The van der Waals surface area contributed by atoms with Crippen LogP contribution >= 0.6 is 0 Å². The van der Waals surface area contributed by atoms with Gasteiger partial charge in [-0.1, -0.05) is 19.3 Å². The summed E-state index contributed by atoms with van der Waals surface area (Å²) in [5, 5.41) is 55.8. The van der Waals surface area contributed by atoms with E-state index in [1.807, 2.05) is 0 Å². The average molecular weight is 290 g/mol. The van der Waals surface area contributed by atoms with Gasteiger partial charge in [0.1, 0.15) is 0 Å². The SMILES string of the molecule is C1CC1.O=C(O)O.O=C(O)O.O=C(O)O.O=C(O)O. The van der Waals surface area contributed by atoms with Crippen LogP contribution in [0, 0.1) is 0 Å². The lowest BCUT2D eigenvalue weighted by atomic mass is 11.0. The largest absolute Gasteiger partial charge is 0.503 e. The van der Waals surface area contributed by atoms with Crippen LogP contribution in [0.3, 0.4) is 0 Å². The summed E-state index contributed by atoms with van der Waals surface area (Å²) in [6.45, 7) is 0. The van der Waals surface area contributed by atoms with Crippen molar-refractivity contribution in [2.24, 2.45) is 0 Å². The summed E-state index contributed by atoms with van der Waals surface area (Å²) in [7, 11) is 0. The summed E-state index contributed by atoms with van der Waals surface area (Å²) in [4.78, 5) is 34.2. The predicted molar refractivity (Wildman–Crippen MR) is 56.5 cm³/mol. The molecule has 0 spiro atoms. The van der Waals surface area contributed by atoms with Crippen LogP contribution in [0.4, 0.5) is 19.2 Å². The Kier molecular flexibility index (Phi) is 27.0. The summed E-state index contributed by atoms with van der Waals surface area (Å²) in [5.41, 5.74) is 0. The Bertz CT molecular complexity index is 190. The minimum atomic E-state index is -1.83. The van der Waals surface area contributed by atoms with Crippen LogP contribution < -0.4 is 0 Å². The van der Waals surface area contributed by atoms with Crippen molar-refractivity contribution < 1.29 is 60.0 Å². The maximum absolute atomic E-state index is 8.56. The maximum Gasteiger partial charge on any atom is 0.503 e. The first kappa shape index (κ1) is 25.1. The van der Waals surface area contributed by atoms with Crippen molar-refractivity contribution in [2.75, 3.05) is 0 Å². The van der Waals surface area contributed by atoms with Gasteiger partial charge >= 0.3 is 24.6 Å². The predicted octanol–water partition coefficient (Wildman–Crippen LogP) is 2.06. The first-order valence-electron chi connectivity index (χ1n) is 4.11. The Hall–Kier alpha value is -2.92. The lowest BCUT2D eigenvalue weighted by Crippen LogP contribution is -1.81. The van der Waals surface area contributed by atoms with Gasteiger partial charge in [0.05, 0.1) is 0 Å². The van der Waals surface area contributed by atoms with E-state index in [4.69, 9.17) is 60.0 Å². The van der Waals surface area contributed by atoms with Crippen molar-refractivity contribution in [3.63, 3.8) is 0 Å². The molecule has 0 aromatic heterocycles. The van der Waals surface area contributed by atoms with Crippen LogP contribution in [-0.4, -0.2) is 65.5 Å². The molecule has 1 aliphatic carbocycles. The lowest BCUT2D eigenvalue weighted by Gasteiger charge is -1.60. The zero-order valence-corrected chi connectivity index (χ0v) is 9.33. The molecule has 0 aromatic rings. The van der Waals surface area contributed by atoms with Gasteiger partial charge in [-0.2, -0.15) is 0 Å². The Morgan fingerprint density at radius 1 is 0.421 bits per heavy atom. The van der Waals surface area contributed by atoms with E-state index >= 15 is 0 Å². The molecule has 12 heteroatoms. The first-order valence-corrected chi connectivity index (χ1v) is 4.11. The third kappa shape index (κ3) is 700. The lowest BCUT2D eigenvalue weighted by molar-refractivity contribution is 0.135. The molecule has 19 heavy (non-hydrogen) atoms. The van der Waals surface area contributed by atoms with Crippen LogP contribution in [0.5, 0.6) is 0 Å². The smallest absolute Gasteiger partial charge is 0.450 e. The molecule has 1 fully saturated rings. The van der Waals surface area contributed by atoms with E-state index in [1.54, 1.807) is 0 Å². The van der Waals surface area contributed by atoms with Gasteiger partial charge in [-0.15, -0.1) is 0 Å². The van der Waals surface area contributed by atoms with Gasteiger partial charge in [-0.3, -0.25) is 0 Å². The molecule has 8 N–H and O–H groups in total. The summed E-state index contributed by atoms with van der Waals surface area (Å²) < 4.78 is 0. The van der Waals surface area contributed by atoms with Gasteiger partial charge in [-0.25, -0.2) is 19.2 Å². The molecular weight excluding hydrogens is 276 g/mol. The van der Waals surface area contributed by atoms with E-state index in [0.29, 0.717) is 0 Å². The molecular formula is C7H14O12. The van der Waals surface area contributed by atoms with Crippen LogP contribution in [-0.2, 0) is 0 Å². The molecule has 1 aliphatic rings. The second-order valence-electron chi connectivity index (χ2n) is 2.19. The first-order chi connectivity index (χ1) is 8.43. The van der Waals surface area contributed by atoms with Gasteiger partial charge < -0.3 is 40.9 Å². The molecule has 0 heterocycles. The number of carboxylic acid groups (broad SMARTS) is 8. The van der Waals surface area contributed by atoms with Crippen molar-refractivity contribution in [2.45, 2.75) is 19.3 Å². The van der Waals surface area contributed by atoms with E-state index in [9.17, 15) is 0 Å². The Labute approximate surface area is 105 Å². The maximum atomic E-state index is 8.56. The fourth-order valence-corrected chi connectivity index (χ4v) is 0. The highest BCUT2D eigenvalue weighted by Crippen LogP contribution is 2.14. The minimum Gasteiger partial charge on any atom is -0.450 e. The summed E-state index contributed by atoms with van der Waals surface area (Å²) in [5.74, 6) is 0. The molecule has 1 saturated carbocycles.